The van der Waals surface area contributed by atoms with Crippen molar-refractivity contribution >= 4 is 6.03 Å². The van der Waals surface area contributed by atoms with Crippen LogP contribution >= 0.6 is 0 Å². The van der Waals surface area contributed by atoms with Crippen LogP contribution in [-0.4, -0.2) is 25.3 Å². The maximum atomic E-state index is 11.7. The number of hydrogen-bond donors (Lipinski definition) is 2. The molecule has 2 N–H and O–H groups in total. The Morgan fingerprint density at radius 1 is 1.57 bits per heavy atom. The summed E-state index contributed by atoms with van der Waals surface area (Å²) in [6.07, 6.45) is 5.55. The molecule has 0 aromatic carbocycles. The summed E-state index contributed by atoms with van der Waals surface area (Å²) < 4.78 is 11.7. The van der Waals surface area contributed by atoms with E-state index < -0.39 is 6.67 Å². The van der Waals surface area contributed by atoms with Gasteiger partial charge in [-0.25, -0.2) is 4.79 Å². The minimum absolute atomic E-state index is 0.187. The minimum atomic E-state index is -0.428. The van der Waals surface area contributed by atoms with Gasteiger partial charge in [-0.1, -0.05) is 19.8 Å². The number of halogens is 1. The van der Waals surface area contributed by atoms with Gasteiger partial charge in [-0.05, 0) is 12.3 Å². The predicted molar refractivity (Wildman–Crippen MR) is 54.6 cm³/mol. The molecule has 80 valence electrons. The maximum absolute atomic E-state index is 11.7. The Morgan fingerprint density at radius 2 is 2.21 bits per heavy atom. The van der Waals surface area contributed by atoms with Crippen molar-refractivity contribution in [1.29, 1.82) is 0 Å². The van der Waals surface area contributed by atoms with E-state index in [1.807, 2.05) is 13.8 Å². The quantitative estimate of drug-likeness (QED) is 0.510. The van der Waals surface area contributed by atoms with Gasteiger partial charge in [-0.3, -0.25) is 4.39 Å². The maximum Gasteiger partial charge on any atom is 0.315 e. The number of amides is 2. The largest absolute Gasteiger partial charge is 0.338 e. The normalized spacial score (nSPS) is 11.9. The first-order valence-corrected chi connectivity index (χ1v) is 4.68. The zero-order chi connectivity index (χ0) is 11.0. The molecule has 0 fully saturated rings. The van der Waals surface area contributed by atoms with Crippen LogP contribution in [-0.2, 0) is 0 Å². The number of nitrogens with one attached hydrogen (secondary N) is 2. The van der Waals surface area contributed by atoms with Crippen LogP contribution in [0.5, 0.6) is 0 Å². The Kier molecular flexibility index (Phi) is 6.55. The van der Waals surface area contributed by atoms with E-state index in [1.54, 1.807) is 0 Å². The lowest BCUT2D eigenvalue weighted by Crippen LogP contribution is -2.44. The van der Waals surface area contributed by atoms with Crippen LogP contribution in [0.15, 0.2) is 0 Å². The molecular weight excluding hydrogens is 183 g/mol. The summed E-state index contributed by atoms with van der Waals surface area (Å²) in [5.41, 5.74) is 0. The average molecular weight is 200 g/mol. The molecule has 0 aliphatic heterocycles. The van der Waals surface area contributed by atoms with E-state index in [0.717, 1.165) is 0 Å². The Bertz CT molecular complexity index is 211. The Hall–Kier alpha value is -1.24. The molecule has 2 amide bonds. The van der Waals surface area contributed by atoms with Gasteiger partial charge < -0.3 is 10.6 Å². The molecule has 0 aliphatic carbocycles. The zero-order valence-electron chi connectivity index (χ0n) is 8.64. The summed E-state index contributed by atoms with van der Waals surface area (Å²) in [7, 11) is 0. The van der Waals surface area contributed by atoms with Crippen LogP contribution < -0.4 is 10.6 Å². The van der Waals surface area contributed by atoms with E-state index in [0.29, 0.717) is 13.0 Å². The summed E-state index contributed by atoms with van der Waals surface area (Å²) in [5.74, 6) is 2.66. The molecule has 0 aliphatic rings. The second-order valence-electron chi connectivity index (χ2n) is 3.33. The number of terminal acetylenes is 1. The van der Waals surface area contributed by atoms with Crippen molar-refractivity contribution in [2.45, 2.75) is 26.3 Å². The van der Waals surface area contributed by atoms with Gasteiger partial charge in [0.05, 0.1) is 12.7 Å². The van der Waals surface area contributed by atoms with E-state index in [1.165, 1.54) is 0 Å². The Labute approximate surface area is 84.4 Å². The highest BCUT2D eigenvalue weighted by molar-refractivity contribution is 5.74. The fraction of sp³-hybridized carbons (Fsp3) is 0.700. The molecule has 0 radical (unpaired) electrons. The van der Waals surface area contributed by atoms with Crippen LogP contribution in [0.3, 0.4) is 0 Å². The van der Waals surface area contributed by atoms with E-state index in [2.05, 4.69) is 16.6 Å². The molecule has 0 unspecified atom stereocenters. The first-order chi connectivity index (χ1) is 6.61. The van der Waals surface area contributed by atoms with Crippen molar-refractivity contribution in [2.75, 3.05) is 13.2 Å². The molecule has 0 rings (SSSR count). The molecule has 0 spiro atoms. The van der Waals surface area contributed by atoms with Crippen LogP contribution in [0.4, 0.5) is 9.18 Å². The first-order valence-electron chi connectivity index (χ1n) is 4.68. The van der Waals surface area contributed by atoms with Crippen LogP contribution in [0.25, 0.3) is 0 Å². The molecule has 3 nitrogen and oxygen atoms in total. The molecule has 4 heteroatoms. The van der Waals surface area contributed by atoms with E-state index in [4.69, 9.17) is 6.42 Å². The molecular formula is C10H17FN2O. The first kappa shape index (κ1) is 12.8. The molecule has 0 aromatic heterocycles. The fourth-order valence-electron chi connectivity index (χ4n) is 0.862. The van der Waals surface area contributed by atoms with Crippen molar-refractivity contribution in [3.63, 3.8) is 0 Å². The summed E-state index contributed by atoms with van der Waals surface area (Å²) in [4.78, 5) is 11.2. The monoisotopic (exact) mass is 200 g/mol. The number of hydrogen-bond acceptors (Lipinski definition) is 1. The van der Waals surface area contributed by atoms with Gasteiger partial charge in [0.1, 0.15) is 0 Å². The van der Waals surface area contributed by atoms with Crippen LogP contribution in [0, 0.1) is 18.3 Å². The van der Waals surface area contributed by atoms with Gasteiger partial charge in [-0.15, -0.1) is 6.42 Å². The van der Waals surface area contributed by atoms with Crippen LogP contribution in [0.2, 0.25) is 0 Å². The van der Waals surface area contributed by atoms with Crippen LogP contribution in [0.1, 0.15) is 20.3 Å². The lowest BCUT2D eigenvalue weighted by atomic mass is 10.1. The van der Waals surface area contributed by atoms with Crippen molar-refractivity contribution in [1.82, 2.24) is 10.6 Å². The smallest absolute Gasteiger partial charge is 0.315 e. The van der Waals surface area contributed by atoms with Gasteiger partial charge in [0.15, 0.2) is 0 Å². The number of rotatable bonds is 5. The lowest BCUT2D eigenvalue weighted by Gasteiger charge is -2.16. The zero-order valence-corrected chi connectivity index (χ0v) is 8.64. The van der Waals surface area contributed by atoms with E-state index in [9.17, 15) is 9.18 Å². The number of alkyl halides is 1. The van der Waals surface area contributed by atoms with Crippen molar-refractivity contribution in [3.8, 4) is 12.3 Å². The molecule has 1 atom stereocenters. The molecule has 0 bridgehead atoms. The molecule has 14 heavy (non-hydrogen) atoms. The van der Waals surface area contributed by atoms with Gasteiger partial charge in [0.2, 0.25) is 0 Å². The minimum Gasteiger partial charge on any atom is -0.338 e. The Morgan fingerprint density at radius 3 is 2.64 bits per heavy atom. The van der Waals surface area contributed by atoms with E-state index in [-0.39, 0.29) is 18.0 Å². The van der Waals surface area contributed by atoms with Crippen molar-refractivity contribution in [3.05, 3.63) is 0 Å². The molecule has 0 saturated carbocycles. The van der Waals surface area contributed by atoms with Gasteiger partial charge in [0, 0.05) is 6.54 Å². The number of urea groups is 1. The number of carbonyl (C=O) groups is 1. The summed E-state index contributed by atoms with van der Waals surface area (Å²) in [6, 6.07) is -0.615. The number of carbonyl (C=O) groups excluding carboxylic acids is 1. The molecule has 0 aromatic rings. The highest BCUT2D eigenvalue weighted by Gasteiger charge is 2.12. The summed E-state index contributed by atoms with van der Waals surface area (Å²) in [6.45, 7) is 3.75. The van der Waals surface area contributed by atoms with Crippen molar-refractivity contribution < 1.29 is 9.18 Å². The molecule has 0 saturated heterocycles. The predicted octanol–water partition coefficient (Wildman–Crippen LogP) is 1.30. The lowest BCUT2D eigenvalue weighted by molar-refractivity contribution is 0.236. The highest BCUT2D eigenvalue weighted by atomic mass is 19.1. The highest BCUT2D eigenvalue weighted by Crippen LogP contribution is 1.98. The third kappa shape index (κ3) is 5.41. The third-order valence-electron chi connectivity index (χ3n) is 1.73. The van der Waals surface area contributed by atoms with Crippen molar-refractivity contribution in [2.24, 2.45) is 5.92 Å². The second-order valence-corrected chi connectivity index (χ2v) is 3.33. The Balaban J connectivity index is 3.75. The van der Waals surface area contributed by atoms with Gasteiger partial charge in [0.25, 0.3) is 0 Å². The fourth-order valence-corrected chi connectivity index (χ4v) is 0.862. The van der Waals surface area contributed by atoms with E-state index >= 15 is 0 Å². The third-order valence-corrected chi connectivity index (χ3v) is 1.73. The molecule has 0 heterocycles. The summed E-state index contributed by atoms with van der Waals surface area (Å²) in [5, 5.41) is 5.13. The SMILES string of the molecule is C#C[C@@H](NC(=O)NCCCF)C(C)C. The summed E-state index contributed by atoms with van der Waals surface area (Å²) >= 11 is 0. The topological polar surface area (TPSA) is 41.1 Å². The standard InChI is InChI=1S/C10H17FN2O/c1-4-9(8(2)3)13-10(14)12-7-5-6-11/h1,8-9H,5-7H2,2-3H3,(H2,12,13,14)/t9-/m1/s1. The van der Waals surface area contributed by atoms with Gasteiger partial charge >= 0.3 is 6.03 Å². The second kappa shape index (κ2) is 7.19. The average Bonchev–Trinajstić information content (AvgIpc) is 2.14. The van der Waals surface area contributed by atoms with Gasteiger partial charge in [-0.2, -0.15) is 0 Å².